The molecule has 196 valence electrons. The minimum Gasteiger partial charge on any atom is -0.426 e. The van der Waals surface area contributed by atoms with Crippen LogP contribution in [0.1, 0.15) is 84.0 Å². The number of alkyl halides is 3. The van der Waals surface area contributed by atoms with Crippen LogP contribution in [0.15, 0.2) is 18.2 Å². The van der Waals surface area contributed by atoms with Gasteiger partial charge >= 0.3 is 12.3 Å². The number of hydrogen-bond donors (Lipinski definition) is 0. The molecule has 0 aromatic heterocycles. The third kappa shape index (κ3) is 7.11. The molecule has 1 aromatic carbocycles. The topological polar surface area (TPSA) is 44.8 Å². The Kier molecular flexibility index (Phi) is 8.61. The molecule has 1 aliphatic heterocycles. The summed E-state index contributed by atoms with van der Waals surface area (Å²) >= 11 is 0. The van der Waals surface area contributed by atoms with Gasteiger partial charge in [-0.25, -0.2) is 4.39 Å². The van der Waals surface area contributed by atoms with Crippen LogP contribution in [0.5, 0.6) is 11.5 Å². The summed E-state index contributed by atoms with van der Waals surface area (Å²) in [6.45, 7) is 2.21. The number of carbonyl (C=O) groups excluding carboxylic acids is 1. The Labute approximate surface area is 204 Å². The molecule has 2 atom stereocenters. The normalized spacial score (nSPS) is 31.8. The van der Waals surface area contributed by atoms with Gasteiger partial charge in [-0.05, 0) is 101 Å². The molecule has 3 aliphatic rings. The fourth-order valence-electron chi connectivity index (χ4n) is 6.38. The maximum absolute atomic E-state index is 13.9. The molecule has 2 unspecified atom stereocenters. The Morgan fingerprint density at radius 1 is 0.943 bits per heavy atom. The van der Waals surface area contributed by atoms with Crippen molar-refractivity contribution in [2.24, 2.45) is 23.7 Å². The zero-order chi connectivity index (χ0) is 25.0. The summed E-state index contributed by atoms with van der Waals surface area (Å²) in [5.74, 6) is -0.996. The van der Waals surface area contributed by atoms with Crippen molar-refractivity contribution in [1.29, 1.82) is 0 Å². The summed E-state index contributed by atoms with van der Waals surface area (Å²) in [7, 11) is 0. The Hall–Kier alpha value is -1.83. The predicted octanol–water partition coefficient (Wildman–Crippen LogP) is 7.59. The van der Waals surface area contributed by atoms with Gasteiger partial charge in [-0.1, -0.05) is 13.3 Å². The molecule has 1 saturated heterocycles. The second kappa shape index (κ2) is 11.5. The number of carbonyl (C=O) groups is 1. The maximum Gasteiger partial charge on any atom is 0.573 e. The minimum atomic E-state index is -4.99. The molecule has 0 spiro atoms. The van der Waals surface area contributed by atoms with E-state index in [0.717, 1.165) is 43.9 Å². The molecule has 0 N–H and O–H groups in total. The average molecular weight is 501 g/mol. The smallest absolute Gasteiger partial charge is 0.426 e. The molecule has 0 radical (unpaired) electrons. The van der Waals surface area contributed by atoms with Gasteiger partial charge in [0.05, 0.1) is 18.1 Å². The van der Waals surface area contributed by atoms with Crippen LogP contribution in [0.2, 0.25) is 0 Å². The SMILES string of the molecule is CCCC1CCC(C2CCC(C3CCC(C(=O)Oc4ccc(OC(F)(F)F)c(F)c4)CC3)CC2)O1. The summed E-state index contributed by atoms with van der Waals surface area (Å²) in [6, 6.07) is 2.69. The van der Waals surface area contributed by atoms with Crippen LogP contribution < -0.4 is 9.47 Å². The van der Waals surface area contributed by atoms with Crippen LogP contribution in [0.4, 0.5) is 17.6 Å². The molecule has 0 amide bonds. The third-order valence-corrected chi connectivity index (χ3v) is 8.21. The van der Waals surface area contributed by atoms with Crippen molar-refractivity contribution in [2.45, 2.75) is 103 Å². The summed E-state index contributed by atoms with van der Waals surface area (Å²) in [6.07, 6.45) is 9.00. The highest BCUT2D eigenvalue weighted by atomic mass is 19.4. The second-order valence-electron chi connectivity index (χ2n) is 10.5. The van der Waals surface area contributed by atoms with Crippen LogP contribution in [0, 0.1) is 29.5 Å². The van der Waals surface area contributed by atoms with E-state index in [0.29, 0.717) is 30.0 Å². The van der Waals surface area contributed by atoms with E-state index in [1.54, 1.807) is 0 Å². The molecule has 1 heterocycles. The molecular weight excluding hydrogens is 464 g/mol. The van der Waals surface area contributed by atoms with E-state index in [1.807, 2.05) is 0 Å². The van der Waals surface area contributed by atoms with Crippen LogP contribution in [-0.2, 0) is 9.53 Å². The van der Waals surface area contributed by atoms with Crippen molar-refractivity contribution in [2.75, 3.05) is 0 Å². The largest absolute Gasteiger partial charge is 0.573 e. The molecule has 2 aliphatic carbocycles. The maximum atomic E-state index is 13.9. The monoisotopic (exact) mass is 500 g/mol. The predicted molar refractivity (Wildman–Crippen MR) is 122 cm³/mol. The number of ether oxygens (including phenoxy) is 3. The average Bonchev–Trinajstić information content (AvgIpc) is 3.29. The number of hydrogen-bond acceptors (Lipinski definition) is 4. The van der Waals surface area contributed by atoms with Gasteiger partial charge in [0.1, 0.15) is 5.75 Å². The Morgan fingerprint density at radius 2 is 1.57 bits per heavy atom. The van der Waals surface area contributed by atoms with E-state index in [2.05, 4.69) is 11.7 Å². The van der Waals surface area contributed by atoms with Crippen molar-refractivity contribution >= 4 is 5.97 Å². The first-order valence-electron chi connectivity index (χ1n) is 13.1. The third-order valence-electron chi connectivity index (χ3n) is 8.21. The zero-order valence-corrected chi connectivity index (χ0v) is 20.3. The van der Waals surface area contributed by atoms with Gasteiger partial charge in [-0.15, -0.1) is 13.2 Å². The Bertz CT molecular complexity index is 842. The second-order valence-corrected chi connectivity index (χ2v) is 10.5. The lowest BCUT2D eigenvalue weighted by Gasteiger charge is -2.38. The fraction of sp³-hybridized carbons (Fsp3) is 0.741. The summed E-state index contributed by atoms with van der Waals surface area (Å²) in [5.41, 5.74) is 0. The molecule has 35 heavy (non-hydrogen) atoms. The van der Waals surface area contributed by atoms with Gasteiger partial charge in [0, 0.05) is 6.07 Å². The molecule has 2 saturated carbocycles. The molecule has 4 rings (SSSR count). The zero-order valence-electron chi connectivity index (χ0n) is 20.3. The van der Waals surface area contributed by atoms with E-state index in [9.17, 15) is 22.4 Å². The van der Waals surface area contributed by atoms with Gasteiger partial charge in [-0.2, -0.15) is 0 Å². The summed E-state index contributed by atoms with van der Waals surface area (Å²) < 4.78 is 65.9. The van der Waals surface area contributed by atoms with Gasteiger partial charge < -0.3 is 14.2 Å². The van der Waals surface area contributed by atoms with Gasteiger partial charge in [-0.3, -0.25) is 4.79 Å². The first-order chi connectivity index (χ1) is 16.7. The minimum absolute atomic E-state index is 0.113. The Balaban J connectivity index is 1.19. The van der Waals surface area contributed by atoms with Crippen LogP contribution in [-0.4, -0.2) is 24.5 Å². The summed E-state index contributed by atoms with van der Waals surface area (Å²) in [5, 5.41) is 0. The number of halogens is 4. The lowest BCUT2D eigenvalue weighted by Crippen LogP contribution is -2.32. The molecule has 4 nitrogen and oxygen atoms in total. The number of benzene rings is 1. The highest BCUT2D eigenvalue weighted by molar-refractivity contribution is 5.75. The highest BCUT2D eigenvalue weighted by Crippen LogP contribution is 2.44. The molecular formula is C27H36F4O4. The molecule has 0 bridgehead atoms. The molecule has 3 fully saturated rings. The van der Waals surface area contributed by atoms with Crippen LogP contribution in [0.25, 0.3) is 0 Å². The van der Waals surface area contributed by atoms with Crippen LogP contribution in [0.3, 0.4) is 0 Å². The number of esters is 1. The van der Waals surface area contributed by atoms with E-state index in [4.69, 9.17) is 9.47 Å². The fourth-order valence-corrected chi connectivity index (χ4v) is 6.38. The first-order valence-corrected chi connectivity index (χ1v) is 13.1. The van der Waals surface area contributed by atoms with Gasteiger partial charge in [0.15, 0.2) is 11.6 Å². The molecule has 8 heteroatoms. The van der Waals surface area contributed by atoms with Crippen molar-refractivity contribution in [3.05, 3.63) is 24.0 Å². The first kappa shape index (κ1) is 26.2. The van der Waals surface area contributed by atoms with E-state index in [-0.39, 0.29) is 11.7 Å². The summed E-state index contributed by atoms with van der Waals surface area (Å²) in [4.78, 5) is 12.6. The highest BCUT2D eigenvalue weighted by Gasteiger charge is 2.38. The van der Waals surface area contributed by atoms with Crippen LogP contribution >= 0.6 is 0 Å². The Morgan fingerprint density at radius 3 is 2.17 bits per heavy atom. The van der Waals surface area contributed by atoms with Crippen molar-refractivity contribution in [3.63, 3.8) is 0 Å². The van der Waals surface area contributed by atoms with Crippen molar-refractivity contribution in [1.82, 2.24) is 0 Å². The van der Waals surface area contributed by atoms with E-state index < -0.39 is 23.9 Å². The quantitative estimate of drug-likeness (QED) is 0.220. The number of rotatable bonds is 7. The van der Waals surface area contributed by atoms with Crippen molar-refractivity contribution < 1.29 is 36.6 Å². The van der Waals surface area contributed by atoms with Gasteiger partial charge in [0.2, 0.25) is 0 Å². The lowest BCUT2D eigenvalue weighted by molar-refractivity contribution is -0.275. The standard InChI is InChI=1S/C27H36F4O4/c1-2-3-21-12-14-24(33-21)19-8-4-17(5-9-19)18-6-10-20(11-7-18)26(32)34-22-13-15-25(23(28)16-22)35-27(29,30)31/h13,15-21,24H,2-12,14H2,1H3. The molecule has 1 aromatic rings. The van der Waals surface area contributed by atoms with Gasteiger partial charge in [0.25, 0.3) is 0 Å². The van der Waals surface area contributed by atoms with E-state index in [1.165, 1.54) is 51.4 Å². The van der Waals surface area contributed by atoms with Crippen molar-refractivity contribution in [3.8, 4) is 11.5 Å². The van der Waals surface area contributed by atoms with E-state index >= 15 is 0 Å². The lowest BCUT2D eigenvalue weighted by atomic mass is 9.68.